The first-order chi connectivity index (χ1) is 13.7. The number of aromatic nitrogens is 3. The molecule has 2 heterocycles. The molecule has 7 heteroatoms. The van der Waals surface area contributed by atoms with Crippen molar-refractivity contribution < 1.29 is 9.21 Å². The lowest BCUT2D eigenvalue weighted by atomic mass is 10.1. The summed E-state index contributed by atoms with van der Waals surface area (Å²) < 4.78 is 7.71. The molecule has 0 spiro atoms. The van der Waals surface area contributed by atoms with Crippen LogP contribution in [0.15, 0.2) is 70.7 Å². The second-order valence-corrected chi connectivity index (χ2v) is 7.32. The van der Waals surface area contributed by atoms with Crippen LogP contribution in [-0.2, 0) is 19.2 Å². The van der Waals surface area contributed by atoms with Crippen molar-refractivity contribution in [2.75, 3.05) is 6.54 Å². The number of para-hydroxylation sites is 2. The number of aryl methyl sites for hydroxylation is 1. The van der Waals surface area contributed by atoms with Crippen molar-refractivity contribution in [1.29, 1.82) is 0 Å². The number of oxazole rings is 1. The van der Waals surface area contributed by atoms with Gasteiger partial charge in [0.1, 0.15) is 5.52 Å². The summed E-state index contributed by atoms with van der Waals surface area (Å²) in [6, 6.07) is 15.3. The van der Waals surface area contributed by atoms with Crippen LogP contribution < -0.4 is 5.32 Å². The predicted octanol–water partition coefficient (Wildman–Crippen LogP) is 3.83. The van der Waals surface area contributed by atoms with Gasteiger partial charge in [0.15, 0.2) is 5.58 Å². The predicted molar refractivity (Wildman–Crippen MR) is 109 cm³/mol. The van der Waals surface area contributed by atoms with Crippen molar-refractivity contribution in [1.82, 2.24) is 19.9 Å². The number of carbonyl (C=O) groups excluding carboxylic acids is 1. The van der Waals surface area contributed by atoms with Crippen LogP contribution in [0.4, 0.5) is 0 Å². The van der Waals surface area contributed by atoms with Gasteiger partial charge in [0, 0.05) is 43.2 Å². The maximum absolute atomic E-state index is 12.6. The average molecular weight is 392 g/mol. The number of rotatable bonds is 7. The summed E-state index contributed by atoms with van der Waals surface area (Å²) in [5, 5.41) is 3.60. The number of hydrogen-bond donors (Lipinski definition) is 1. The van der Waals surface area contributed by atoms with Gasteiger partial charge in [0.25, 0.3) is 11.1 Å². The molecule has 0 radical (unpaired) electrons. The van der Waals surface area contributed by atoms with Crippen LogP contribution in [0.2, 0.25) is 0 Å². The molecule has 0 saturated heterocycles. The third kappa shape index (κ3) is 4.09. The molecule has 2 aromatic carbocycles. The lowest BCUT2D eigenvalue weighted by Gasteiger charge is -2.09. The number of nitrogens with one attached hydrogen (secondary N) is 1. The van der Waals surface area contributed by atoms with Crippen molar-refractivity contribution in [3.05, 3.63) is 77.9 Å². The molecule has 6 nitrogen and oxygen atoms in total. The summed E-state index contributed by atoms with van der Waals surface area (Å²) in [6.07, 6.45) is 4.31. The maximum Gasteiger partial charge on any atom is 0.257 e. The van der Waals surface area contributed by atoms with Crippen LogP contribution in [0.3, 0.4) is 0 Å². The van der Waals surface area contributed by atoms with Crippen LogP contribution in [-0.4, -0.2) is 27.0 Å². The lowest BCUT2D eigenvalue weighted by Crippen LogP contribution is -2.27. The zero-order valence-electron chi connectivity index (χ0n) is 15.5. The Morgan fingerprint density at radius 1 is 1.18 bits per heavy atom. The number of fused-ring (bicyclic) bond motifs is 1. The molecule has 4 aromatic rings. The van der Waals surface area contributed by atoms with Gasteiger partial charge >= 0.3 is 0 Å². The Balaban J connectivity index is 1.39. The summed E-state index contributed by atoms with van der Waals surface area (Å²) >= 11 is 1.49. The highest BCUT2D eigenvalue weighted by Gasteiger charge is 2.13. The standard InChI is InChI=1S/C21H20N4O2S/c1-25-14-22-12-16(25)10-11-23-20(26)17-7-3-2-6-15(17)13-28-21-24-18-8-4-5-9-19(18)27-21/h2-9,12,14H,10-11,13H2,1H3,(H,23,26). The molecule has 0 unspecified atom stereocenters. The largest absolute Gasteiger partial charge is 0.431 e. The molecular formula is C21H20N4O2S. The van der Waals surface area contributed by atoms with Gasteiger partial charge in [-0.1, -0.05) is 42.1 Å². The summed E-state index contributed by atoms with van der Waals surface area (Å²) in [4.78, 5) is 21.2. The first kappa shape index (κ1) is 18.3. The Kier molecular flexibility index (Phi) is 5.43. The number of hydrogen-bond acceptors (Lipinski definition) is 5. The van der Waals surface area contributed by atoms with E-state index in [0.29, 0.717) is 23.1 Å². The zero-order valence-corrected chi connectivity index (χ0v) is 16.3. The van der Waals surface area contributed by atoms with Gasteiger partial charge in [0.2, 0.25) is 0 Å². The van der Waals surface area contributed by atoms with E-state index in [2.05, 4.69) is 15.3 Å². The number of thioether (sulfide) groups is 1. The van der Waals surface area contributed by atoms with Crippen molar-refractivity contribution in [2.24, 2.45) is 7.05 Å². The third-order valence-electron chi connectivity index (χ3n) is 4.47. The van der Waals surface area contributed by atoms with Crippen LogP contribution in [0.5, 0.6) is 0 Å². The molecule has 28 heavy (non-hydrogen) atoms. The van der Waals surface area contributed by atoms with Gasteiger partial charge in [-0.25, -0.2) is 9.97 Å². The highest BCUT2D eigenvalue weighted by Crippen LogP contribution is 2.27. The summed E-state index contributed by atoms with van der Waals surface area (Å²) in [5.41, 5.74) is 4.32. The van der Waals surface area contributed by atoms with E-state index in [1.807, 2.05) is 66.3 Å². The molecule has 142 valence electrons. The topological polar surface area (TPSA) is 73.0 Å². The molecule has 0 fully saturated rings. The summed E-state index contributed by atoms with van der Waals surface area (Å²) in [5.74, 6) is 0.536. The first-order valence-corrected chi connectivity index (χ1v) is 9.99. The second kappa shape index (κ2) is 8.31. The van der Waals surface area contributed by atoms with Crippen molar-refractivity contribution >= 4 is 28.8 Å². The lowest BCUT2D eigenvalue weighted by molar-refractivity contribution is 0.0953. The zero-order chi connectivity index (χ0) is 19.3. The fourth-order valence-electron chi connectivity index (χ4n) is 2.94. The van der Waals surface area contributed by atoms with Gasteiger partial charge < -0.3 is 14.3 Å². The Hall–Kier alpha value is -3.06. The minimum absolute atomic E-state index is 0.0732. The van der Waals surface area contributed by atoms with E-state index in [9.17, 15) is 4.79 Å². The Morgan fingerprint density at radius 3 is 2.82 bits per heavy atom. The normalized spacial score (nSPS) is 11.0. The second-order valence-electron chi connectivity index (χ2n) is 6.40. The molecule has 1 N–H and O–H groups in total. The molecule has 1 amide bonds. The van der Waals surface area contributed by atoms with Gasteiger partial charge in [-0.3, -0.25) is 4.79 Å². The smallest absolute Gasteiger partial charge is 0.257 e. The quantitative estimate of drug-likeness (QED) is 0.484. The molecule has 0 aliphatic heterocycles. The molecule has 0 bridgehead atoms. The highest BCUT2D eigenvalue weighted by molar-refractivity contribution is 7.98. The monoisotopic (exact) mass is 392 g/mol. The molecule has 2 aromatic heterocycles. The van der Waals surface area contributed by atoms with Crippen LogP contribution in [0, 0.1) is 0 Å². The molecule has 0 saturated carbocycles. The molecular weight excluding hydrogens is 372 g/mol. The fraction of sp³-hybridized carbons (Fsp3) is 0.190. The Morgan fingerprint density at radius 2 is 2.00 bits per heavy atom. The van der Waals surface area contributed by atoms with E-state index < -0.39 is 0 Å². The van der Waals surface area contributed by atoms with Crippen molar-refractivity contribution in [3.63, 3.8) is 0 Å². The van der Waals surface area contributed by atoms with Gasteiger partial charge in [0.05, 0.1) is 6.33 Å². The average Bonchev–Trinajstić information content (AvgIpc) is 3.32. The molecule has 4 rings (SSSR count). The van der Waals surface area contributed by atoms with E-state index in [0.717, 1.165) is 28.8 Å². The summed E-state index contributed by atoms with van der Waals surface area (Å²) in [6.45, 7) is 0.560. The third-order valence-corrected chi connectivity index (χ3v) is 5.35. The molecule has 0 aliphatic rings. The van der Waals surface area contributed by atoms with Gasteiger partial charge in [-0.15, -0.1) is 0 Å². The summed E-state index contributed by atoms with van der Waals surface area (Å²) in [7, 11) is 1.95. The van der Waals surface area contributed by atoms with Crippen LogP contribution in [0.25, 0.3) is 11.1 Å². The number of benzene rings is 2. The molecule has 0 atom stereocenters. The SMILES string of the molecule is Cn1cncc1CCNC(=O)c1ccccc1CSc1nc2ccccc2o1. The van der Waals surface area contributed by atoms with E-state index in [4.69, 9.17) is 4.42 Å². The number of imidazole rings is 1. The number of nitrogens with zero attached hydrogens (tertiary/aromatic N) is 3. The minimum Gasteiger partial charge on any atom is -0.431 e. The van der Waals surface area contributed by atoms with Gasteiger partial charge in [-0.2, -0.15) is 0 Å². The van der Waals surface area contributed by atoms with Crippen molar-refractivity contribution in [2.45, 2.75) is 17.4 Å². The van der Waals surface area contributed by atoms with E-state index >= 15 is 0 Å². The van der Waals surface area contributed by atoms with E-state index in [1.165, 1.54) is 11.8 Å². The Bertz CT molecular complexity index is 1070. The Labute approximate surface area is 167 Å². The number of amides is 1. The fourth-order valence-corrected chi connectivity index (χ4v) is 3.79. The van der Waals surface area contributed by atoms with Crippen molar-refractivity contribution in [3.8, 4) is 0 Å². The maximum atomic E-state index is 12.6. The van der Waals surface area contributed by atoms with E-state index in [1.54, 1.807) is 6.33 Å². The highest BCUT2D eigenvalue weighted by atomic mass is 32.2. The number of carbonyl (C=O) groups is 1. The minimum atomic E-state index is -0.0732. The van der Waals surface area contributed by atoms with E-state index in [-0.39, 0.29) is 5.91 Å². The van der Waals surface area contributed by atoms with Gasteiger partial charge in [-0.05, 0) is 23.8 Å². The van der Waals surface area contributed by atoms with Crippen LogP contribution >= 0.6 is 11.8 Å². The first-order valence-electron chi connectivity index (χ1n) is 9.00. The molecule has 0 aliphatic carbocycles. The van der Waals surface area contributed by atoms with Crippen LogP contribution in [0.1, 0.15) is 21.6 Å².